The Morgan fingerprint density at radius 3 is 2.56 bits per heavy atom. The standard InChI is InChI=1S/C15H19NO2/c1-11(17)9-16-10-12-7-8-15(18-2)14-6-4-3-5-13(12)14/h3-8,11,16-17H,9-10H2,1-2H3. The van der Waals surface area contributed by atoms with Crippen LogP contribution >= 0.6 is 0 Å². The Hall–Kier alpha value is -1.58. The van der Waals surface area contributed by atoms with Gasteiger partial charge in [0.25, 0.3) is 0 Å². The van der Waals surface area contributed by atoms with Gasteiger partial charge in [-0.2, -0.15) is 0 Å². The van der Waals surface area contributed by atoms with E-state index in [1.54, 1.807) is 14.0 Å². The molecule has 0 bridgehead atoms. The molecule has 0 spiro atoms. The molecular formula is C15H19NO2. The number of rotatable bonds is 5. The number of methoxy groups -OCH3 is 1. The molecule has 3 heteroatoms. The molecule has 0 saturated carbocycles. The number of fused-ring (bicyclic) bond motifs is 1. The van der Waals surface area contributed by atoms with E-state index in [1.807, 2.05) is 18.2 Å². The van der Waals surface area contributed by atoms with Crippen LogP contribution in [0.3, 0.4) is 0 Å². The Bertz CT molecular complexity index is 523. The first-order chi connectivity index (χ1) is 8.72. The van der Waals surface area contributed by atoms with E-state index in [0.29, 0.717) is 6.54 Å². The number of aliphatic hydroxyl groups excluding tert-OH is 1. The van der Waals surface area contributed by atoms with Crippen molar-refractivity contribution >= 4 is 10.8 Å². The third-order valence-electron chi connectivity index (χ3n) is 2.95. The van der Waals surface area contributed by atoms with E-state index in [2.05, 4.69) is 23.5 Å². The summed E-state index contributed by atoms with van der Waals surface area (Å²) in [7, 11) is 1.69. The topological polar surface area (TPSA) is 41.5 Å². The lowest BCUT2D eigenvalue weighted by atomic mass is 10.0. The molecule has 2 rings (SSSR count). The van der Waals surface area contributed by atoms with Crippen molar-refractivity contribution in [2.24, 2.45) is 0 Å². The number of nitrogens with one attached hydrogen (secondary N) is 1. The molecule has 96 valence electrons. The Morgan fingerprint density at radius 1 is 1.17 bits per heavy atom. The molecule has 0 aromatic heterocycles. The molecule has 2 aromatic rings. The lowest BCUT2D eigenvalue weighted by Gasteiger charge is -2.12. The van der Waals surface area contributed by atoms with Crippen LogP contribution in [-0.2, 0) is 6.54 Å². The van der Waals surface area contributed by atoms with Gasteiger partial charge in [0.1, 0.15) is 5.75 Å². The number of aliphatic hydroxyl groups is 1. The van der Waals surface area contributed by atoms with Crippen molar-refractivity contribution in [1.29, 1.82) is 0 Å². The number of ether oxygens (including phenoxy) is 1. The molecule has 1 atom stereocenters. The van der Waals surface area contributed by atoms with Crippen molar-refractivity contribution in [1.82, 2.24) is 5.32 Å². The Kier molecular flexibility index (Phi) is 4.18. The second-order valence-electron chi connectivity index (χ2n) is 4.45. The van der Waals surface area contributed by atoms with Gasteiger partial charge in [-0.05, 0) is 23.9 Å². The van der Waals surface area contributed by atoms with Crippen LogP contribution in [0.2, 0.25) is 0 Å². The van der Waals surface area contributed by atoms with Crippen LogP contribution in [0.25, 0.3) is 10.8 Å². The van der Waals surface area contributed by atoms with E-state index >= 15 is 0 Å². The molecule has 2 aromatic carbocycles. The lowest BCUT2D eigenvalue weighted by Crippen LogP contribution is -2.23. The second-order valence-corrected chi connectivity index (χ2v) is 4.45. The van der Waals surface area contributed by atoms with Crippen molar-refractivity contribution in [3.05, 3.63) is 42.0 Å². The highest BCUT2D eigenvalue weighted by atomic mass is 16.5. The van der Waals surface area contributed by atoms with Crippen molar-refractivity contribution in [2.45, 2.75) is 19.6 Å². The van der Waals surface area contributed by atoms with Crippen molar-refractivity contribution in [3.63, 3.8) is 0 Å². The average molecular weight is 245 g/mol. The maximum atomic E-state index is 9.24. The van der Waals surface area contributed by atoms with E-state index in [4.69, 9.17) is 4.74 Å². The quantitative estimate of drug-likeness (QED) is 0.849. The van der Waals surface area contributed by atoms with Crippen LogP contribution in [0, 0.1) is 0 Å². The van der Waals surface area contributed by atoms with Gasteiger partial charge in [-0.15, -0.1) is 0 Å². The zero-order valence-corrected chi connectivity index (χ0v) is 10.8. The minimum absolute atomic E-state index is 0.325. The minimum atomic E-state index is -0.325. The molecule has 0 fully saturated rings. The first-order valence-corrected chi connectivity index (χ1v) is 6.15. The highest BCUT2D eigenvalue weighted by Crippen LogP contribution is 2.28. The van der Waals surface area contributed by atoms with Crippen molar-refractivity contribution in [3.8, 4) is 5.75 Å². The monoisotopic (exact) mass is 245 g/mol. The summed E-state index contributed by atoms with van der Waals surface area (Å²) in [6, 6.07) is 12.2. The predicted molar refractivity (Wildman–Crippen MR) is 73.9 cm³/mol. The van der Waals surface area contributed by atoms with Gasteiger partial charge in [0, 0.05) is 18.5 Å². The summed E-state index contributed by atoms with van der Waals surface area (Å²) in [6.45, 7) is 3.12. The van der Waals surface area contributed by atoms with Gasteiger partial charge in [-0.25, -0.2) is 0 Å². The summed E-state index contributed by atoms with van der Waals surface area (Å²) in [5.74, 6) is 0.893. The normalized spacial score (nSPS) is 12.6. The van der Waals surface area contributed by atoms with E-state index in [0.717, 1.165) is 17.7 Å². The zero-order chi connectivity index (χ0) is 13.0. The molecule has 1 unspecified atom stereocenters. The number of hydrogen-bond acceptors (Lipinski definition) is 3. The molecule has 18 heavy (non-hydrogen) atoms. The molecule has 0 aliphatic rings. The fraction of sp³-hybridized carbons (Fsp3) is 0.333. The van der Waals surface area contributed by atoms with E-state index in [1.165, 1.54) is 10.9 Å². The second kappa shape index (κ2) is 5.85. The fourth-order valence-corrected chi connectivity index (χ4v) is 2.08. The molecule has 0 aliphatic carbocycles. The maximum absolute atomic E-state index is 9.24. The van der Waals surface area contributed by atoms with E-state index < -0.39 is 0 Å². The summed E-state index contributed by atoms with van der Waals surface area (Å²) in [6.07, 6.45) is -0.325. The zero-order valence-electron chi connectivity index (χ0n) is 10.8. The largest absolute Gasteiger partial charge is 0.496 e. The van der Waals surface area contributed by atoms with Gasteiger partial charge in [0.05, 0.1) is 13.2 Å². The van der Waals surface area contributed by atoms with Crippen LogP contribution in [0.1, 0.15) is 12.5 Å². The Balaban J connectivity index is 2.28. The number of benzene rings is 2. The van der Waals surface area contributed by atoms with Crippen LogP contribution in [0.5, 0.6) is 5.75 Å². The summed E-state index contributed by atoms with van der Waals surface area (Å²) in [5, 5.41) is 14.8. The van der Waals surface area contributed by atoms with Crippen LogP contribution in [0.4, 0.5) is 0 Å². The van der Waals surface area contributed by atoms with Crippen LogP contribution in [-0.4, -0.2) is 24.9 Å². The molecule has 0 heterocycles. The van der Waals surface area contributed by atoms with Gasteiger partial charge in [-0.1, -0.05) is 30.3 Å². The van der Waals surface area contributed by atoms with Gasteiger partial charge in [0.15, 0.2) is 0 Å². The van der Waals surface area contributed by atoms with Crippen molar-refractivity contribution < 1.29 is 9.84 Å². The highest BCUT2D eigenvalue weighted by Gasteiger charge is 2.05. The molecular weight excluding hydrogens is 226 g/mol. The number of hydrogen-bond donors (Lipinski definition) is 2. The average Bonchev–Trinajstić information content (AvgIpc) is 2.38. The smallest absolute Gasteiger partial charge is 0.126 e. The fourth-order valence-electron chi connectivity index (χ4n) is 2.08. The third-order valence-corrected chi connectivity index (χ3v) is 2.95. The van der Waals surface area contributed by atoms with Gasteiger partial charge < -0.3 is 15.2 Å². The summed E-state index contributed by atoms with van der Waals surface area (Å²) < 4.78 is 5.36. The summed E-state index contributed by atoms with van der Waals surface area (Å²) in [4.78, 5) is 0. The first-order valence-electron chi connectivity index (χ1n) is 6.15. The first kappa shape index (κ1) is 12.9. The molecule has 2 N–H and O–H groups in total. The molecule has 0 radical (unpaired) electrons. The molecule has 3 nitrogen and oxygen atoms in total. The maximum Gasteiger partial charge on any atom is 0.126 e. The van der Waals surface area contributed by atoms with Gasteiger partial charge >= 0.3 is 0 Å². The predicted octanol–water partition coefficient (Wildman–Crippen LogP) is 2.32. The minimum Gasteiger partial charge on any atom is -0.496 e. The Morgan fingerprint density at radius 2 is 1.89 bits per heavy atom. The highest BCUT2D eigenvalue weighted by molar-refractivity contribution is 5.91. The molecule has 0 amide bonds. The van der Waals surface area contributed by atoms with E-state index in [-0.39, 0.29) is 6.10 Å². The molecule has 0 aliphatic heterocycles. The van der Waals surface area contributed by atoms with Crippen LogP contribution in [0.15, 0.2) is 36.4 Å². The lowest BCUT2D eigenvalue weighted by molar-refractivity contribution is 0.191. The third kappa shape index (κ3) is 2.81. The van der Waals surface area contributed by atoms with Gasteiger partial charge in [0.2, 0.25) is 0 Å². The SMILES string of the molecule is COc1ccc(CNCC(C)O)c2ccccc12. The molecule has 0 saturated heterocycles. The van der Waals surface area contributed by atoms with Crippen LogP contribution < -0.4 is 10.1 Å². The van der Waals surface area contributed by atoms with E-state index in [9.17, 15) is 5.11 Å². The van der Waals surface area contributed by atoms with Crippen molar-refractivity contribution in [2.75, 3.05) is 13.7 Å². The summed E-state index contributed by atoms with van der Waals surface area (Å²) in [5.41, 5.74) is 1.21. The van der Waals surface area contributed by atoms with Gasteiger partial charge in [-0.3, -0.25) is 0 Å². The summed E-state index contributed by atoms with van der Waals surface area (Å²) >= 11 is 0. The Labute approximate surface area is 107 Å².